The van der Waals surface area contributed by atoms with Gasteiger partial charge in [-0.2, -0.15) is 0 Å². The second-order valence-electron chi connectivity index (χ2n) is 17.0. The first-order valence-corrected chi connectivity index (χ1v) is 20.8. The SMILES string of the molecule is CC1(C)c2ccccc2-c2ccc(N3c4ccccc4C(C)(C)c4cc(-c5ccc6c(c5)c5cc7sc8ccccc8c7cc5n6-c5ccccc5)ccc43)cc21. The van der Waals surface area contributed by atoms with Crippen LogP contribution in [0.3, 0.4) is 0 Å². The average Bonchev–Trinajstić information content (AvgIpc) is 3.84. The van der Waals surface area contributed by atoms with Gasteiger partial charge in [0.2, 0.25) is 0 Å². The Kier molecular flexibility index (Phi) is 6.65. The van der Waals surface area contributed by atoms with E-state index in [2.05, 4.69) is 207 Å². The molecule has 0 unspecified atom stereocenters. The Balaban J connectivity index is 1.04. The number of benzene rings is 8. The maximum Gasteiger partial charge on any atom is 0.0548 e. The molecule has 0 radical (unpaired) electrons. The first-order chi connectivity index (χ1) is 27.8. The second-order valence-corrected chi connectivity index (χ2v) is 18.1. The van der Waals surface area contributed by atoms with E-state index in [0.717, 1.165) is 0 Å². The molecule has 0 spiro atoms. The highest BCUT2D eigenvalue weighted by Crippen LogP contribution is 2.55. The van der Waals surface area contributed by atoms with Gasteiger partial charge in [-0.3, -0.25) is 0 Å². The summed E-state index contributed by atoms with van der Waals surface area (Å²) in [6, 6.07) is 63.8. The van der Waals surface area contributed by atoms with E-state index in [1.54, 1.807) is 0 Å². The summed E-state index contributed by atoms with van der Waals surface area (Å²) < 4.78 is 5.10. The summed E-state index contributed by atoms with van der Waals surface area (Å²) in [5, 5.41) is 5.21. The van der Waals surface area contributed by atoms with Crippen molar-refractivity contribution in [2.75, 3.05) is 4.90 Å². The van der Waals surface area contributed by atoms with E-state index in [-0.39, 0.29) is 10.8 Å². The number of hydrogen-bond donors (Lipinski definition) is 0. The molecule has 2 nitrogen and oxygen atoms in total. The maximum atomic E-state index is 2.51. The topological polar surface area (TPSA) is 8.17 Å². The smallest absolute Gasteiger partial charge is 0.0548 e. The van der Waals surface area contributed by atoms with Gasteiger partial charge in [0.15, 0.2) is 0 Å². The van der Waals surface area contributed by atoms with Crippen molar-refractivity contribution in [3.63, 3.8) is 0 Å². The molecule has 3 heteroatoms. The van der Waals surface area contributed by atoms with Crippen LogP contribution in [0.15, 0.2) is 170 Å². The molecular weight excluding hydrogens is 709 g/mol. The Bertz CT molecular complexity index is 3300. The maximum absolute atomic E-state index is 2.51. The lowest BCUT2D eigenvalue weighted by atomic mass is 9.72. The van der Waals surface area contributed by atoms with E-state index in [1.165, 1.54) is 109 Å². The van der Waals surface area contributed by atoms with Crippen LogP contribution in [0.4, 0.5) is 17.1 Å². The van der Waals surface area contributed by atoms with Crippen LogP contribution in [0, 0.1) is 0 Å². The Morgan fingerprint density at radius 1 is 0.386 bits per heavy atom. The van der Waals surface area contributed by atoms with Crippen LogP contribution < -0.4 is 4.90 Å². The molecule has 57 heavy (non-hydrogen) atoms. The average molecular weight is 749 g/mol. The summed E-state index contributed by atoms with van der Waals surface area (Å²) >= 11 is 1.89. The number of thiophene rings is 1. The molecule has 0 atom stereocenters. The van der Waals surface area contributed by atoms with E-state index < -0.39 is 0 Å². The largest absolute Gasteiger partial charge is 0.310 e. The summed E-state index contributed by atoms with van der Waals surface area (Å²) in [5.41, 5.74) is 17.7. The first kappa shape index (κ1) is 32.8. The third kappa shape index (κ3) is 4.52. The molecule has 12 rings (SSSR count). The quantitative estimate of drug-likeness (QED) is 0.175. The second kappa shape index (κ2) is 11.6. The van der Waals surface area contributed by atoms with E-state index in [0.29, 0.717) is 0 Å². The van der Waals surface area contributed by atoms with Crippen molar-refractivity contribution in [1.82, 2.24) is 4.57 Å². The zero-order valence-electron chi connectivity index (χ0n) is 32.5. The van der Waals surface area contributed by atoms with Gasteiger partial charge in [0.05, 0.1) is 22.4 Å². The number of fused-ring (bicyclic) bond motifs is 11. The van der Waals surface area contributed by atoms with Gasteiger partial charge in [-0.1, -0.05) is 125 Å². The molecule has 0 saturated carbocycles. The van der Waals surface area contributed by atoms with Crippen molar-refractivity contribution in [3.05, 3.63) is 192 Å². The zero-order chi connectivity index (χ0) is 38.2. The van der Waals surface area contributed by atoms with Crippen molar-refractivity contribution in [3.8, 4) is 27.9 Å². The molecule has 1 aliphatic carbocycles. The van der Waals surface area contributed by atoms with E-state index in [9.17, 15) is 0 Å². The Hall–Kier alpha value is -6.42. The molecule has 8 aromatic carbocycles. The van der Waals surface area contributed by atoms with Crippen LogP contribution in [0.1, 0.15) is 49.9 Å². The normalized spacial score (nSPS) is 14.9. The van der Waals surface area contributed by atoms with Gasteiger partial charge in [0.1, 0.15) is 0 Å². The molecule has 0 N–H and O–H groups in total. The highest BCUT2D eigenvalue weighted by atomic mass is 32.1. The summed E-state index contributed by atoms with van der Waals surface area (Å²) in [6.45, 7) is 9.52. The molecular formula is C54H40N2S. The summed E-state index contributed by atoms with van der Waals surface area (Å²) in [6.07, 6.45) is 0. The predicted molar refractivity (Wildman–Crippen MR) is 243 cm³/mol. The van der Waals surface area contributed by atoms with Crippen LogP contribution in [0.2, 0.25) is 0 Å². The first-order valence-electron chi connectivity index (χ1n) is 20.0. The van der Waals surface area contributed by atoms with Crippen molar-refractivity contribution < 1.29 is 0 Å². The molecule has 272 valence electrons. The molecule has 2 aliphatic rings. The lowest BCUT2D eigenvalue weighted by molar-refractivity contribution is 0.632. The zero-order valence-corrected chi connectivity index (χ0v) is 33.3. The third-order valence-electron chi connectivity index (χ3n) is 13.2. The molecule has 0 amide bonds. The number of hydrogen-bond acceptors (Lipinski definition) is 2. The van der Waals surface area contributed by atoms with Gasteiger partial charge in [0.25, 0.3) is 0 Å². The summed E-state index contributed by atoms with van der Waals surface area (Å²) in [7, 11) is 0. The van der Waals surface area contributed by atoms with Crippen LogP contribution in [-0.2, 0) is 10.8 Å². The monoisotopic (exact) mass is 748 g/mol. The van der Waals surface area contributed by atoms with Crippen molar-refractivity contribution in [2.24, 2.45) is 0 Å². The van der Waals surface area contributed by atoms with E-state index in [4.69, 9.17) is 0 Å². The van der Waals surface area contributed by atoms with E-state index >= 15 is 0 Å². The third-order valence-corrected chi connectivity index (χ3v) is 14.3. The Labute approximate surface area is 336 Å². The molecule has 10 aromatic rings. The van der Waals surface area contributed by atoms with Crippen LogP contribution in [0.5, 0.6) is 0 Å². The number of aromatic nitrogens is 1. The molecule has 0 fully saturated rings. The number of para-hydroxylation sites is 2. The fourth-order valence-electron chi connectivity index (χ4n) is 10.3. The predicted octanol–water partition coefficient (Wildman–Crippen LogP) is 15.2. The van der Waals surface area contributed by atoms with Crippen molar-refractivity contribution in [1.29, 1.82) is 0 Å². The number of rotatable bonds is 3. The van der Waals surface area contributed by atoms with Crippen molar-refractivity contribution >= 4 is 70.4 Å². The van der Waals surface area contributed by atoms with Gasteiger partial charge < -0.3 is 9.47 Å². The van der Waals surface area contributed by atoms with Crippen LogP contribution in [0.25, 0.3) is 69.9 Å². The molecule has 2 aromatic heterocycles. The van der Waals surface area contributed by atoms with Gasteiger partial charge in [-0.25, -0.2) is 0 Å². The summed E-state index contributed by atoms with van der Waals surface area (Å²) in [4.78, 5) is 2.51. The highest BCUT2D eigenvalue weighted by Gasteiger charge is 2.39. The Morgan fingerprint density at radius 2 is 1.05 bits per heavy atom. The minimum Gasteiger partial charge on any atom is -0.310 e. The highest BCUT2D eigenvalue weighted by molar-refractivity contribution is 7.25. The molecule has 1 aliphatic heterocycles. The lowest BCUT2D eigenvalue weighted by Gasteiger charge is -2.42. The lowest BCUT2D eigenvalue weighted by Crippen LogP contribution is -2.30. The fourth-order valence-corrected chi connectivity index (χ4v) is 11.4. The molecule has 0 bridgehead atoms. The van der Waals surface area contributed by atoms with Crippen LogP contribution in [-0.4, -0.2) is 4.57 Å². The number of nitrogens with zero attached hydrogens (tertiary/aromatic N) is 2. The molecule has 0 saturated heterocycles. The standard InChI is InChI=1S/C54H40N2S/c1-53(2)43-18-10-8-16-37(43)38-25-24-36(30-45(38)53)56-48-20-12-11-19-44(48)54(3,4)46-29-34(23-27-49(46)56)33-22-26-47-40(28-33)41-32-52-42(39-17-9-13-21-51(39)57-52)31-50(41)55(47)35-14-6-5-7-15-35/h5-32H,1-4H3. The number of anilines is 3. The van der Waals surface area contributed by atoms with E-state index in [1.807, 2.05) is 11.3 Å². The fraction of sp³-hybridized carbons (Fsp3) is 0.111. The van der Waals surface area contributed by atoms with Crippen LogP contribution >= 0.6 is 11.3 Å². The van der Waals surface area contributed by atoms with Gasteiger partial charge in [-0.15, -0.1) is 11.3 Å². The minimum absolute atomic E-state index is 0.0752. The van der Waals surface area contributed by atoms with Gasteiger partial charge >= 0.3 is 0 Å². The van der Waals surface area contributed by atoms with Gasteiger partial charge in [-0.05, 0) is 117 Å². The van der Waals surface area contributed by atoms with Gasteiger partial charge in [0, 0.05) is 53.1 Å². The molecule has 3 heterocycles. The Morgan fingerprint density at radius 3 is 1.93 bits per heavy atom. The summed E-state index contributed by atoms with van der Waals surface area (Å²) in [5.74, 6) is 0. The minimum atomic E-state index is -0.203. The van der Waals surface area contributed by atoms with Crippen molar-refractivity contribution in [2.45, 2.75) is 38.5 Å².